The molecule has 0 saturated heterocycles. The minimum Gasteiger partial charge on any atom is -0.228 e. The Hall–Kier alpha value is -1.85. The van der Waals surface area contributed by atoms with Gasteiger partial charge in [0.15, 0.2) is 5.69 Å². The van der Waals surface area contributed by atoms with E-state index in [1.165, 1.54) is 12.1 Å². The Balaban J connectivity index is 2.49. The maximum Gasteiger partial charge on any atom is 0.434 e. The van der Waals surface area contributed by atoms with Gasteiger partial charge >= 0.3 is 6.18 Å². The molecule has 0 atom stereocenters. The number of hydrogen-bond donors (Lipinski definition) is 0. The van der Waals surface area contributed by atoms with Crippen LogP contribution in [0.3, 0.4) is 0 Å². The summed E-state index contributed by atoms with van der Waals surface area (Å²) >= 11 is 0. The van der Waals surface area contributed by atoms with Gasteiger partial charge in [0.1, 0.15) is 5.82 Å². The van der Waals surface area contributed by atoms with E-state index in [0.29, 0.717) is 4.68 Å². The summed E-state index contributed by atoms with van der Waals surface area (Å²) in [6.45, 7) is 0. The summed E-state index contributed by atoms with van der Waals surface area (Å²) in [5, 5.41) is 3.50. The Morgan fingerprint density at radius 2 is 1.75 bits per heavy atom. The molecule has 6 heteroatoms. The van der Waals surface area contributed by atoms with Crippen molar-refractivity contribution in [2.24, 2.45) is 0 Å². The third-order valence-electron chi connectivity index (χ3n) is 1.93. The molecular weight excluding hydrogens is 224 g/mol. The summed E-state index contributed by atoms with van der Waals surface area (Å²) in [5.74, 6) is -0.520. The van der Waals surface area contributed by atoms with E-state index in [4.69, 9.17) is 0 Å². The second-order valence-corrected chi connectivity index (χ2v) is 3.02. The maximum atomic E-state index is 12.6. The molecule has 0 aliphatic rings. The molecule has 2 aromatic rings. The Morgan fingerprint density at radius 1 is 1.12 bits per heavy atom. The molecule has 83 valence electrons. The smallest absolute Gasteiger partial charge is 0.228 e. The third-order valence-corrected chi connectivity index (χ3v) is 1.93. The van der Waals surface area contributed by atoms with Gasteiger partial charge in [-0.05, 0) is 24.3 Å². The van der Waals surface area contributed by atoms with Gasteiger partial charge in [-0.15, -0.1) is 0 Å². The van der Waals surface area contributed by atoms with Crippen molar-refractivity contribution >= 4 is 0 Å². The van der Waals surface area contributed by atoms with Crippen LogP contribution in [0.25, 0.3) is 5.69 Å². The summed E-state index contributed by atoms with van der Waals surface area (Å²) in [7, 11) is 0. The van der Waals surface area contributed by atoms with Crippen molar-refractivity contribution in [1.29, 1.82) is 0 Å². The third kappa shape index (κ3) is 1.91. The first-order valence-corrected chi connectivity index (χ1v) is 4.27. The quantitative estimate of drug-likeness (QED) is 0.687. The fraction of sp³-hybridized carbons (Fsp3) is 0.100. The van der Waals surface area contributed by atoms with Crippen molar-refractivity contribution in [2.75, 3.05) is 0 Å². The number of alkyl halides is 3. The van der Waals surface area contributed by atoms with Crippen LogP contribution < -0.4 is 0 Å². The molecule has 0 saturated carbocycles. The second-order valence-electron chi connectivity index (χ2n) is 3.02. The molecule has 0 N–H and O–H groups in total. The number of nitrogens with zero attached hydrogens (tertiary/aromatic N) is 2. The van der Waals surface area contributed by atoms with Crippen LogP contribution in [0.1, 0.15) is 5.69 Å². The van der Waals surface area contributed by atoms with Gasteiger partial charge in [0.05, 0.1) is 11.9 Å². The van der Waals surface area contributed by atoms with Crippen LogP contribution in [0, 0.1) is 11.9 Å². The van der Waals surface area contributed by atoms with Crippen LogP contribution in [0.15, 0.2) is 30.5 Å². The lowest BCUT2D eigenvalue weighted by molar-refractivity contribution is -0.143. The largest absolute Gasteiger partial charge is 0.434 e. The molecule has 0 spiro atoms. The summed E-state index contributed by atoms with van der Waals surface area (Å²) in [4.78, 5) is 0. The number of benzene rings is 1. The monoisotopic (exact) mass is 229 g/mol. The molecular formula is C10H5F4N2. The molecule has 1 aromatic heterocycles. The van der Waals surface area contributed by atoms with Gasteiger partial charge in [0.2, 0.25) is 0 Å². The first-order valence-electron chi connectivity index (χ1n) is 4.27. The Bertz CT molecular complexity index is 484. The van der Waals surface area contributed by atoms with Crippen LogP contribution >= 0.6 is 0 Å². The molecule has 0 fully saturated rings. The predicted octanol–water partition coefficient (Wildman–Crippen LogP) is 2.83. The number of rotatable bonds is 1. The summed E-state index contributed by atoms with van der Waals surface area (Å²) < 4.78 is 50.7. The van der Waals surface area contributed by atoms with E-state index in [-0.39, 0.29) is 5.69 Å². The van der Waals surface area contributed by atoms with Crippen molar-refractivity contribution in [2.45, 2.75) is 6.18 Å². The molecule has 2 rings (SSSR count). The summed E-state index contributed by atoms with van der Waals surface area (Å²) in [6.07, 6.45) is -3.61. The zero-order valence-corrected chi connectivity index (χ0v) is 7.79. The highest BCUT2D eigenvalue weighted by Crippen LogP contribution is 2.29. The SMILES string of the molecule is Fc1ccc(-n2nc[c]c2C(F)(F)F)cc1. The van der Waals surface area contributed by atoms with Gasteiger partial charge in [0, 0.05) is 6.07 Å². The molecule has 0 bridgehead atoms. The van der Waals surface area contributed by atoms with Crippen molar-refractivity contribution in [3.8, 4) is 5.69 Å². The van der Waals surface area contributed by atoms with E-state index in [1.54, 1.807) is 0 Å². The molecule has 0 amide bonds. The van der Waals surface area contributed by atoms with Crippen LogP contribution in [-0.4, -0.2) is 9.78 Å². The first-order chi connectivity index (χ1) is 7.48. The highest BCUT2D eigenvalue weighted by atomic mass is 19.4. The van der Waals surface area contributed by atoms with Crippen molar-refractivity contribution < 1.29 is 17.6 Å². The molecule has 2 nitrogen and oxygen atoms in total. The van der Waals surface area contributed by atoms with E-state index >= 15 is 0 Å². The highest BCUT2D eigenvalue weighted by molar-refractivity contribution is 5.33. The first kappa shape index (κ1) is 10.7. The Labute approximate surface area is 88.1 Å². The summed E-state index contributed by atoms with van der Waals surface area (Å²) in [5.41, 5.74) is -0.880. The molecule has 0 aliphatic carbocycles. The van der Waals surface area contributed by atoms with Crippen molar-refractivity contribution in [3.05, 3.63) is 48.0 Å². The molecule has 0 unspecified atom stereocenters. The molecule has 1 heterocycles. The lowest BCUT2D eigenvalue weighted by Crippen LogP contribution is -2.13. The average Bonchev–Trinajstić information content (AvgIpc) is 2.66. The predicted molar refractivity (Wildman–Crippen MR) is 47.4 cm³/mol. The topological polar surface area (TPSA) is 17.8 Å². The minimum absolute atomic E-state index is 0.134. The zero-order valence-electron chi connectivity index (χ0n) is 7.79. The van der Waals surface area contributed by atoms with Crippen LogP contribution in [0.5, 0.6) is 0 Å². The van der Waals surface area contributed by atoms with Crippen molar-refractivity contribution in [1.82, 2.24) is 9.78 Å². The highest BCUT2D eigenvalue weighted by Gasteiger charge is 2.35. The van der Waals surface area contributed by atoms with Crippen LogP contribution in [0.4, 0.5) is 17.6 Å². The fourth-order valence-electron chi connectivity index (χ4n) is 1.25. The van der Waals surface area contributed by atoms with Gasteiger partial charge in [-0.25, -0.2) is 9.07 Å². The molecule has 0 aliphatic heterocycles. The number of halogens is 4. The van der Waals surface area contributed by atoms with Crippen LogP contribution in [-0.2, 0) is 6.18 Å². The molecule has 1 aromatic carbocycles. The minimum atomic E-state index is -4.54. The molecule has 1 radical (unpaired) electrons. The number of hydrogen-bond acceptors (Lipinski definition) is 1. The Morgan fingerprint density at radius 3 is 2.31 bits per heavy atom. The van der Waals surface area contributed by atoms with Crippen LogP contribution in [0.2, 0.25) is 0 Å². The van der Waals surface area contributed by atoms with E-state index < -0.39 is 17.7 Å². The van der Waals surface area contributed by atoms with E-state index in [1.807, 2.05) is 6.07 Å². The second kappa shape index (κ2) is 3.62. The normalized spacial score (nSPS) is 11.8. The fourth-order valence-corrected chi connectivity index (χ4v) is 1.25. The van der Waals surface area contributed by atoms with Gasteiger partial charge in [-0.1, -0.05) is 0 Å². The van der Waals surface area contributed by atoms with E-state index in [9.17, 15) is 17.6 Å². The van der Waals surface area contributed by atoms with Gasteiger partial charge in [-0.3, -0.25) is 0 Å². The lowest BCUT2D eigenvalue weighted by atomic mass is 10.3. The lowest BCUT2D eigenvalue weighted by Gasteiger charge is -2.09. The van der Waals surface area contributed by atoms with Gasteiger partial charge in [0.25, 0.3) is 0 Å². The van der Waals surface area contributed by atoms with Gasteiger partial charge in [-0.2, -0.15) is 18.3 Å². The average molecular weight is 229 g/mol. The molecule has 16 heavy (non-hydrogen) atoms. The number of aromatic nitrogens is 2. The standard InChI is InChI=1S/C10H5F4N2/c11-7-1-3-8(4-2-7)16-9(5-6-15-16)10(12,13)14/h1-4,6H. The maximum absolute atomic E-state index is 12.6. The van der Waals surface area contributed by atoms with E-state index in [2.05, 4.69) is 5.10 Å². The van der Waals surface area contributed by atoms with Gasteiger partial charge < -0.3 is 0 Å². The Kier molecular flexibility index (Phi) is 2.41. The summed E-state index contributed by atoms with van der Waals surface area (Å²) in [6, 6.07) is 6.55. The van der Waals surface area contributed by atoms with E-state index in [0.717, 1.165) is 18.3 Å². The van der Waals surface area contributed by atoms with Crippen molar-refractivity contribution in [3.63, 3.8) is 0 Å². The zero-order chi connectivity index (χ0) is 11.8.